The third kappa shape index (κ3) is 11.0. The zero-order valence-corrected chi connectivity index (χ0v) is 25.6. The molecule has 2 nitrogen and oxygen atoms in total. The highest BCUT2D eigenvalue weighted by Crippen LogP contribution is 2.40. The first kappa shape index (κ1) is 30.8. The predicted octanol–water partition coefficient (Wildman–Crippen LogP) is 9.51. The van der Waals surface area contributed by atoms with Crippen LogP contribution in [0.5, 0.6) is 0 Å². The number of hydrogen-bond acceptors (Lipinski definition) is 2. The molecule has 0 aromatic rings. The van der Waals surface area contributed by atoms with Gasteiger partial charge in [0.15, 0.2) is 16.6 Å². The molecule has 0 unspecified atom stereocenters. The Labute approximate surface area is 198 Å². The minimum absolute atomic E-state index is 0.127. The monoisotopic (exact) mass is 468 g/mol. The molecule has 0 spiro atoms. The van der Waals surface area contributed by atoms with Gasteiger partial charge in [0, 0.05) is 6.10 Å². The topological polar surface area (TPSA) is 18.5 Å². The minimum atomic E-state index is -1.87. The zero-order valence-electron chi connectivity index (χ0n) is 23.6. The molecule has 0 heterocycles. The molecule has 3 atom stereocenters. The van der Waals surface area contributed by atoms with Gasteiger partial charge in [-0.3, -0.25) is 0 Å². The zero-order chi connectivity index (χ0) is 24.7. The molecule has 0 bridgehead atoms. The quantitative estimate of drug-likeness (QED) is 0.161. The van der Waals surface area contributed by atoms with Crippen LogP contribution in [-0.4, -0.2) is 28.8 Å². The van der Waals surface area contributed by atoms with E-state index in [0.717, 1.165) is 12.8 Å². The molecule has 0 saturated carbocycles. The molecule has 184 valence electrons. The summed E-state index contributed by atoms with van der Waals surface area (Å²) in [4.78, 5) is 0. The molecule has 0 fully saturated rings. The SMILES string of the molecule is CCCC/C=C/C(C)=C/[C@H](O[Si](C)(C)C(C)(C)C)[C@@H](C)C[C@H](C)O[Si](C)(C)C(C)(C)C. The number of hydrogen-bond donors (Lipinski definition) is 0. The van der Waals surface area contributed by atoms with E-state index in [0.29, 0.717) is 5.92 Å². The van der Waals surface area contributed by atoms with E-state index >= 15 is 0 Å². The largest absolute Gasteiger partial charge is 0.414 e. The highest BCUT2D eigenvalue weighted by Gasteiger charge is 2.41. The van der Waals surface area contributed by atoms with Gasteiger partial charge in [-0.05, 0) is 68.9 Å². The summed E-state index contributed by atoms with van der Waals surface area (Å²) >= 11 is 0. The van der Waals surface area contributed by atoms with Gasteiger partial charge in [-0.2, -0.15) is 0 Å². The Bertz CT molecular complexity index is 577. The molecule has 0 saturated heterocycles. The van der Waals surface area contributed by atoms with Crippen LogP contribution in [0.15, 0.2) is 23.8 Å². The Morgan fingerprint density at radius 3 is 1.81 bits per heavy atom. The third-order valence-corrected chi connectivity index (χ3v) is 16.4. The van der Waals surface area contributed by atoms with Gasteiger partial charge in [-0.25, -0.2) is 0 Å². The van der Waals surface area contributed by atoms with E-state index in [9.17, 15) is 0 Å². The summed E-state index contributed by atoms with van der Waals surface area (Å²) < 4.78 is 13.6. The van der Waals surface area contributed by atoms with E-state index in [-0.39, 0.29) is 22.3 Å². The van der Waals surface area contributed by atoms with E-state index < -0.39 is 16.6 Å². The fourth-order valence-electron chi connectivity index (χ4n) is 3.12. The van der Waals surface area contributed by atoms with Gasteiger partial charge in [-0.1, -0.05) is 92.0 Å². The lowest BCUT2D eigenvalue weighted by Crippen LogP contribution is -2.46. The maximum atomic E-state index is 6.94. The Morgan fingerprint density at radius 2 is 1.35 bits per heavy atom. The van der Waals surface area contributed by atoms with Crippen LogP contribution in [0.25, 0.3) is 0 Å². The summed E-state index contributed by atoms with van der Waals surface area (Å²) in [7, 11) is -3.63. The molecule has 4 heteroatoms. The van der Waals surface area contributed by atoms with Crippen LogP contribution >= 0.6 is 0 Å². The fourth-order valence-corrected chi connectivity index (χ4v) is 5.91. The summed E-state index contributed by atoms with van der Waals surface area (Å²) in [6.07, 6.45) is 12.0. The molecule has 0 radical (unpaired) electrons. The van der Waals surface area contributed by atoms with Crippen LogP contribution in [0.3, 0.4) is 0 Å². The van der Waals surface area contributed by atoms with Gasteiger partial charge >= 0.3 is 0 Å². The van der Waals surface area contributed by atoms with Crippen LogP contribution in [0.1, 0.15) is 94.9 Å². The number of unbranched alkanes of at least 4 members (excludes halogenated alkanes) is 2. The van der Waals surface area contributed by atoms with E-state index in [1.807, 2.05) is 0 Å². The standard InChI is InChI=1S/C27H56O2Si2/c1-15-16-17-18-19-22(2)20-25(29-31(13,14)27(8,9)10)23(3)21-24(4)28-30(11,12)26(5,6)7/h18-20,23-25H,15-17,21H2,1-14H3/b19-18+,22-20+/t23-,24-,25-/m0/s1. The van der Waals surface area contributed by atoms with Crippen molar-refractivity contribution in [3.05, 3.63) is 23.8 Å². The average Bonchev–Trinajstić information content (AvgIpc) is 2.55. The van der Waals surface area contributed by atoms with Gasteiger partial charge < -0.3 is 8.85 Å². The molecular formula is C27H56O2Si2. The lowest BCUT2D eigenvalue weighted by atomic mass is 9.96. The van der Waals surface area contributed by atoms with Crippen LogP contribution in [0.2, 0.25) is 36.3 Å². The second-order valence-electron chi connectivity index (χ2n) is 12.7. The summed E-state index contributed by atoms with van der Waals surface area (Å²) in [5, 5.41) is 0.439. The molecule has 0 aliphatic heterocycles. The fraction of sp³-hybridized carbons (Fsp3) is 0.852. The highest BCUT2D eigenvalue weighted by molar-refractivity contribution is 6.74. The van der Waals surface area contributed by atoms with Gasteiger partial charge in [0.1, 0.15) is 0 Å². The Morgan fingerprint density at radius 1 is 0.871 bits per heavy atom. The average molecular weight is 469 g/mol. The molecule has 0 aliphatic carbocycles. The number of allylic oxidation sites excluding steroid dienone is 3. The Kier molecular flexibility index (Phi) is 12.3. The first-order valence-electron chi connectivity index (χ1n) is 12.5. The molecule has 0 aromatic carbocycles. The molecule has 0 rings (SSSR count). The lowest BCUT2D eigenvalue weighted by molar-refractivity contribution is 0.112. The summed E-state index contributed by atoms with van der Waals surface area (Å²) in [6.45, 7) is 32.4. The van der Waals surface area contributed by atoms with Crippen molar-refractivity contribution in [1.82, 2.24) is 0 Å². The maximum absolute atomic E-state index is 6.94. The summed E-state index contributed by atoms with van der Waals surface area (Å²) in [6, 6.07) is 0. The molecule has 0 amide bonds. The van der Waals surface area contributed by atoms with E-state index in [4.69, 9.17) is 8.85 Å². The van der Waals surface area contributed by atoms with Crippen LogP contribution in [-0.2, 0) is 8.85 Å². The minimum Gasteiger partial charge on any atom is -0.414 e. The molecular weight excluding hydrogens is 412 g/mol. The number of rotatable bonds is 12. The van der Waals surface area contributed by atoms with Crippen molar-refractivity contribution in [2.75, 3.05) is 0 Å². The van der Waals surface area contributed by atoms with Crippen LogP contribution < -0.4 is 0 Å². The first-order chi connectivity index (χ1) is 13.8. The van der Waals surface area contributed by atoms with Crippen LogP contribution in [0, 0.1) is 5.92 Å². The van der Waals surface area contributed by atoms with Crippen molar-refractivity contribution in [1.29, 1.82) is 0 Å². The van der Waals surface area contributed by atoms with Crippen LogP contribution in [0.4, 0.5) is 0 Å². The van der Waals surface area contributed by atoms with Gasteiger partial charge in [0.2, 0.25) is 0 Å². The van der Waals surface area contributed by atoms with Crippen molar-refractivity contribution in [3.63, 3.8) is 0 Å². The van der Waals surface area contributed by atoms with Gasteiger partial charge in [0.05, 0.1) is 6.10 Å². The van der Waals surface area contributed by atoms with Gasteiger partial charge in [0.25, 0.3) is 0 Å². The highest BCUT2D eigenvalue weighted by atomic mass is 28.4. The van der Waals surface area contributed by atoms with Gasteiger partial charge in [-0.15, -0.1) is 0 Å². The summed E-state index contributed by atoms with van der Waals surface area (Å²) in [5.74, 6) is 0.410. The van der Waals surface area contributed by atoms with E-state index in [1.54, 1.807) is 0 Å². The van der Waals surface area contributed by atoms with Crippen molar-refractivity contribution in [2.24, 2.45) is 5.92 Å². The third-order valence-electron chi connectivity index (χ3n) is 7.34. The molecule has 0 aromatic heterocycles. The molecule has 0 aliphatic rings. The predicted molar refractivity (Wildman–Crippen MR) is 146 cm³/mol. The van der Waals surface area contributed by atoms with Crippen molar-refractivity contribution in [3.8, 4) is 0 Å². The lowest BCUT2D eigenvalue weighted by Gasteiger charge is -2.42. The summed E-state index contributed by atoms with van der Waals surface area (Å²) in [5.41, 5.74) is 1.31. The second-order valence-corrected chi connectivity index (χ2v) is 22.2. The smallest absolute Gasteiger partial charge is 0.192 e. The van der Waals surface area contributed by atoms with E-state index in [2.05, 4.69) is 114 Å². The molecule has 0 N–H and O–H groups in total. The normalized spacial score (nSPS) is 17.8. The van der Waals surface area contributed by atoms with Crippen molar-refractivity contribution in [2.45, 2.75) is 143 Å². The first-order valence-corrected chi connectivity index (χ1v) is 18.4. The van der Waals surface area contributed by atoms with E-state index in [1.165, 1.54) is 18.4 Å². The second kappa shape index (κ2) is 12.3. The Hall–Kier alpha value is -0.166. The van der Waals surface area contributed by atoms with Crippen molar-refractivity contribution >= 4 is 16.6 Å². The maximum Gasteiger partial charge on any atom is 0.192 e. The Balaban J connectivity index is 5.55. The molecule has 31 heavy (non-hydrogen) atoms. The van der Waals surface area contributed by atoms with Crippen molar-refractivity contribution < 1.29 is 8.85 Å².